The highest BCUT2D eigenvalue weighted by atomic mass is 19.1. The summed E-state index contributed by atoms with van der Waals surface area (Å²) < 4.78 is 13.4. The van der Waals surface area contributed by atoms with Gasteiger partial charge in [-0.05, 0) is 75.4 Å². The lowest BCUT2D eigenvalue weighted by molar-refractivity contribution is 0.0952. The molecule has 0 unspecified atom stereocenters. The minimum Gasteiger partial charge on any atom is -0.360 e. The molecule has 1 amide bonds. The van der Waals surface area contributed by atoms with Crippen LogP contribution < -0.4 is 5.32 Å². The summed E-state index contributed by atoms with van der Waals surface area (Å²) in [5.41, 5.74) is 4.47. The van der Waals surface area contributed by atoms with Gasteiger partial charge in [0, 0.05) is 34.8 Å². The van der Waals surface area contributed by atoms with Crippen molar-refractivity contribution in [3.05, 3.63) is 59.5 Å². The van der Waals surface area contributed by atoms with E-state index < -0.39 is 0 Å². The Morgan fingerprint density at radius 3 is 2.69 bits per heavy atom. The van der Waals surface area contributed by atoms with E-state index in [1.807, 2.05) is 45.4 Å². The Hall–Kier alpha value is -2.66. The van der Waals surface area contributed by atoms with Gasteiger partial charge in [-0.2, -0.15) is 0 Å². The number of aryl methyl sites for hydroxylation is 1. The first-order valence-electron chi connectivity index (χ1n) is 8.76. The van der Waals surface area contributed by atoms with E-state index in [0.717, 1.165) is 40.6 Å². The van der Waals surface area contributed by atoms with Gasteiger partial charge in [0.2, 0.25) is 0 Å². The number of amides is 1. The van der Waals surface area contributed by atoms with E-state index in [4.69, 9.17) is 0 Å². The Kier molecular flexibility index (Phi) is 5.38. The van der Waals surface area contributed by atoms with Crippen LogP contribution in [0, 0.1) is 12.7 Å². The number of rotatable bonds is 6. The maximum atomic E-state index is 13.4. The topological polar surface area (TPSA) is 48.1 Å². The van der Waals surface area contributed by atoms with E-state index in [1.165, 1.54) is 12.1 Å². The summed E-state index contributed by atoms with van der Waals surface area (Å²) in [5.74, 6) is -0.316. The Morgan fingerprint density at radius 2 is 1.96 bits per heavy atom. The van der Waals surface area contributed by atoms with Crippen molar-refractivity contribution in [1.29, 1.82) is 0 Å². The van der Waals surface area contributed by atoms with Crippen molar-refractivity contribution in [3.8, 4) is 11.1 Å². The number of benzene rings is 2. The number of nitrogens with zero attached hydrogens (tertiary/aromatic N) is 1. The third-order valence-electron chi connectivity index (χ3n) is 4.49. The first-order valence-corrected chi connectivity index (χ1v) is 8.76. The second-order valence-electron chi connectivity index (χ2n) is 6.83. The highest BCUT2D eigenvalue weighted by Gasteiger charge is 2.12. The number of carbonyl (C=O) groups excluding carboxylic acids is 1. The molecule has 0 atom stereocenters. The normalized spacial score (nSPS) is 11.3. The molecule has 1 heterocycles. The van der Waals surface area contributed by atoms with Crippen LogP contribution >= 0.6 is 0 Å². The van der Waals surface area contributed by atoms with Gasteiger partial charge < -0.3 is 15.2 Å². The maximum Gasteiger partial charge on any atom is 0.251 e. The number of halogens is 1. The molecule has 3 aromatic rings. The molecule has 2 N–H and O–H groups in total. The molecule has 0 saturated carbocycles. The number of aromatic nitrogens is 1. The van der Waals surface area contributed by atoms with Crippen LogP contribution in [0.5, 0.6) is 0 Å². The number of hydrogen-bond donors (Lipinski definition) is 2. The van der Waals surface area contributed by atoms with Gasteiger partial charge in [-0.1, -0.05) is 6.07 Å². The van der Waals surface area contributed by atoms with Crippen LogP contribution in [0.4, 0.5) is 4.39 Å². The number of nitrogens with one attached hydrogen (secondary N) is 2. The molecule has 0 bridgehead atoms. The molecular formula is C21H24FN3O. The first-order chi connectivity index (χ1) is 12.5. The number of hydrogen-bond acceptors (Lipinski definition) is 2. The summed E-state index contributed by atoms with van der Waals surface area (Å²) in [5, 5.41) is 3.93. The van der Waals surface area contributed by atoms with Gasteiger partial charge in [-0.3, -0.25) is 4.79 Å². The lowest BCUT2D eigenvalue weighted by Gasteiger charge is -2.11. The largest absolute Gasteiger partial charge is 0.360 e. The first kappa shape index (κ1) is 18.1. The lowest BCUT2D eigenvalue weighted by Crippen LogP contribution is -2.27. The summed E-state index contributed by atoms with van der Waals surface area (Å²) in [6.45, 7) is 3.59. The summed E-state index contributed by atoms with van der Waals surface area (Å²) in [7, 11) is 4.03. The lowest BCUT2D eigenvalue weighted by atomic mass is 9.97. The maximum absolute atomic E-state index is 13.4. The van der Waals surface area contributed by atoms with Crippen LogP contribution in [0.3, 0.4) is 0 Å². The zero-order valence-electron chi connectivity index (χ0n) is 15.4. The highest BCUT2D eigenvalue weighted by molar-refractivity contribution is 5.98. The zero-order chi connectivity index (χ0) is 18.7. The van der Waals surface area contributed by atoms with Crippen molar-refractivity contribution in [2.45, 2.75) is 13.3 Å². The molecule has 3 rings (SSSR count). The molecule has 136 valence electrons. The SMILES string of the molecule is Cc1cc(C(=O)NCCCN(C)C)ccc1-c1c[nH]c2cc(F)ccc12. The monoisotopic (exact) mass is 353 g/mol. The second-order valence-corrected chi connectivity index (χ2v) is 6.83. The van der Waals surface area contributed by atoms with Gasteiger partial charge in [-0.15, -0.1) is 0 Å². The minimum absolute atomic E-state index is 0.0561. The van der Waals surface area contributed by atoms with Crippen LogP contribution in [-0.4, -0.2) is 43.0 Å². The van der Waals surface area contributed by atoms with Gasteiger partial charge >= 0.3 is 0 Å². The third kappa shape index (κ3) is 3.94. The second kappa shape index (κ2) is 7.70. The van der Waals surface area contributed by atoms with Crippen molar-refractivity contribution < 1.29 is 9.18 Å². The molecule has 0 saturated heterocycles. The van der Waals surface area contributed by atoms with Crippen molar-refractivity contribution in [3.63, 3.8) is 0 Å². The van der Waals surface area contributed by atoms with E-state index in [0.29, 0.717) is 12.1 Å². The van der Waals surface area contributed by atoms with E-state index in [9.17, 15) is 9.18 Å². The Labute approximate surface area is 153 Å². The van der Waals surface area contributed by atoms with Crippen molar-refractivity contribution in [1.82, 2.24) is 15.2 Å². The van der Waals surface area contributed by atoms with Gasteiger partial charge in [0.1, 0.15) is 5.82 Å². The van der Waals surface area contributed by atoms with E-state index >= 15 is 0 Å². The van der Waals surface area contributed by atoms with Gasteiger partial charge in [0.25, 0.3) is 5.91 Å². The molecule has 0 aliphatic heterocycles. The van der Waals surface area contributed by atoms with Crippen molar-refractivity contribution in [2.24, 2.45) is 0 Å². The quantitative estimate of drug-likeness (QED) is 0.659. The number of aromatic amines is 1. The van der Waals surface area contributed by atoms with Gasteiger partial charge in [0.15, 0.2) is 0 Å². The van der Waals surface area contributed by atoms with Crippen LogP contribution in [0.1, 0.15) is 22.3 Å². The molecular weight excluding hydrogens is 329 g/mol. The summed E-state index contributed by atoms with van der Waals surface area (Å²) in [6.07, 6.45) is 2.80. The fourth-order valence-electron chi connectivity index (χ4n) is 3.13. The molecule has 0 radical (unpaired) electrons. The molecule has 5 heteroatoms. The zero-order valence-corrected chi connectivity index (χ0v) is 15.4. The summed E-state index contributed by atoms with van der Waals surface area (Å²) >= 11 is 0. The third-order valence-corrected chi connectivity index (χ3v) is 4.49. The standard InChI is InChI=1S/C21H24FN3O/c1-14-11-15(21(26)23-9-4-10-25(2)3)5-7-17(14)19-13-24-20-12-16(22)6-8-18(19)20/h5-8,11-13,24H,4,9-10H2,1-3H3,(H,23,26). The van der Waals surface area contributed by atoms with Gasteiger partial charge in [-0.25, -0.2) is 4.39 Å². The Bertz CT molecular complexity index is 930. The van der Waals surface area contributed by atoms with E-state index in [-0.39, 0.29) is 11.7 Å². The summed E-state index contributed by atoms with van der Waals surface area (Å²) in [6, 6.07) is 10.4. The van der Waals surface area contributed by atoms with E-state index in [2.05, 4.69) is 15.2 Å². The van der Waals surface area contributed by atoms with Crippen molar-refractivity contribution >= 4 is 16.8 Å². The fourth-order valence-corrected chi connectivity index (χ4v) is 3.13. The van der Waals surface area contributed by atoms with E-state index in [1.54, 1.807) is 6.07 Å². The number of H-pyrrole nitrogens is 1. The van der Waals surface area contributed by atoms with Gasteiger partial charge in [0.05, 0.1) is 0 Å². The molecule has 0 aliphatic rings. The molecule has 2 aromatic carbocycles. The van der Waals surface area contributed by atoms with Crippen LogP contribution in [0.25, 0.3) is 22.0 Å². The Morgan fingerprint density at radius 1 is 1.15 bits per heavy atom. The molecule has 1 aromatic heterocycles. The fraction of sp³-hybridized carbons (Fsp3) is 0.286. The number of fused-ring (bicyclic) bond motifs is 1. The Balaban J connectivity index is 1.78. The molecule has 0 spiro atoms. The van der Waals surface area contributed by atoms with Crippen LogP contribution in [0.15, 0.2) is 42.6 Å². The van der Waals surface area contributed by atoms with Crippen LogP contribution in [-0.2, 0) is 0 Å². The highest BCUT2D eigenvalue weighted by Crippen LogP contribution is 2.31. The minimum atomic E-state index is -0.260. The molecule has 0 aliphatic carbocycles. The number of carbonyl (C=O) groups is 1. The predicted octanol–water partition coefficient (Wildman–Crippen LogP) is 3.96. The van der Waals surface area contributed by atoms with Crippen LogP contribution in [0.2, 0.25) is 0 Å². The average Bonchev–Trinajstić information content (AvgIpc) is 3.01. The molecule has 0 fully saturated rings. The van der Waals surface area contributed by atoms with Crippen molar-refractivity contribution in [2.75, 3.05) is 27.2 Å². The predicted molar refractivity (Wildman–Crippen MR) is 104 cm³/mol. The molecule has 4 nitrogen and oxygen atoms in total. The smallest absolute Gasteiger partial charge is 0.251 e. The molecule has 26 heavy (non-hydrogen) atoms. The summed E-state index contributed by atoms with van der Waals surface area (Å²) in [4.78, 5) is 17.5. The average molecular weight is 353 g/mol.